The van der Waals surface area contributed by atoms with Crippen molar-refractivity contribution in [1.82, 2.24) is 9.62 Å². The highest BCUT2D eigenvalue weighted by atomic mass is 32.2. The molecule has 1 heterocycles. The minimum absolute atomic E-state index is 0.0291. The fraction of sp³-hybridized carbons (Fsp3) is 0.409. The Morgan fingerprint density at radius 1 is 1.16 bits per heavy atom. The molecule has 3 rings (SSSR count). The normalized spacial score (nSPS) is 19.8. The standard InChI is InChI=1S/C22H26F2N2O4S/c1-3-30-21(27)26-14-8-13-19(25-31(2,28)29)20(26)22(23,24)18-12-7-11-17(15-18)16-9-5-4-6-10-16/h4-7,9-12,15,19-20,25H,3,8,13-14H2,1-2H3. The number of piperidine rings is 1. The van der Waals surface area contributed by atoms with Gasteiger partial charge in [-0.2, -0.15) is 8.78 Å². The van der Waals surface area contributed by atoms with E-state index in [4.69, 9.17) is 4.74 Å². The Morgan fingerprint density at radius 2 is 1.84 bits per heavy atom. The summed E-state index contributed by atoms with van der Waals surface area (Å²) in [5.74, 6) is -3.53. The lowest BCUT2D eigenvalue weighted by molar-refractivity contribution is -0.103. The van der Waals surface area contributed by atoms with Crippen molar-refractivity contribution < 1.29 is 26.7 Å². The molecule has 1 amide bonds. The number of halogens is 2. The maximum atomic E-state index is 15.9. The van der Waals surface area contributed by atoms with Crippen LogP contribution in [0, 0.1) is 0 Å². The lowest BCUT2D eigenvalue weighted by atomic mass is 9.87. The maximum Gasteiger partial charge on any atom is 0.410 e. The number of nitrogens with one attached hydrogen (secondary N) is 1. The van der Waals surface area contributed by atoms with E-state index >= 15 is 8.78 Å². The second-order valence-corrected chi connectivity index (χ2v) is 9.33. The van der Waals surface area contributed by atoms with Crippen LogP contribution in [0.5, 0.6) is 0 Å². The number of alkyl halides is 2. The zero-order valence-corrected chi connectivity index (χ0v) is 18.2. The van der Waals surface area contributed by atoms with Crippen LogP contribution in [0.25, 0.3) is 11.1 Å². The number of amides is 1. The van der Waals surface area contributed by atoms with Gasteiger partial charge in [0.25, 0.3) is 5.92 Å². The minimum atomic E-state index is -3.77. The third-order valence-electron chi connectivity index (χ3n) is 5.22. The molecule has 0 radical (unpaired) electrons. The van der Waals surface area contributed by atoms with Crippen LogP contribution >= 0.6 is 0 Å². The molecule has 2 aromatic carbocycles. The molecule has 31 heavy (non-hydrogen) atoms. The Bertz CT molecular complexity index is 1020. The number of likely N-dealkylation sites (tertiary alicyclic amines) is 1. The van der Waals surface area contributed by atoms with Crippen LogP contribution in [-0.2, 0) is 20.7 Å². The average molecular weight is 453 g/mol. The predicted octanol–water partition coefficient (Wildman–Crippen LogP) is 3.98. The highest BCUT2D eigenvalue weighted by Gasteiger charge is 2.53. The fourth-order valence-electron chi connectivity index (χ4n) is 3.96. The van der Waals surface area contributed by atoms with E-state index in [9.17, 15) is 13.2 Å². The summed E-state index contributed by atoms with van der Waals surface area (Å²) in [7, 11) is -3.77. The van der Waals surface area contributed by atoms with E-state index in [0.717, 1.165) is 16.7 Å². The van der Waals surface area contributed by atoms with Gasteiger partial charge in [0.05, 0.1) is 12.9 Å². The Kier molecular flexibility index (Phi) is 6.96. The Morgan fingerprint density at radius 3 is 2.48 bits per heavy atom. The number of ether oxygens (including phenoxy) is 1. The number of hydrogen-bond acceptors (Lipinski definition) is 4. The number of carbonyl (C=O) groups is 1. The predicted molar refractivity (Wildman–Crippen MR) is 114 cm³/mol. The van der Waals surface area contributed by atoms with Gasteiger partial charge in [0.2, 0.25) is 10.0 Å². The van der Waals surface area contributed by atoms with E-state index in [1.54, 1.807) is 13.0 Å². The van der Waals surface area contributed by atoms with Crippen LogP contribution in [0.1, 0.15) is 25.3 Å². The molecule has 0 bridgehead atoms. The van der Waals surface area contributed by atoms with Crippen molar-refractivity contribution in [2.24, 2.45) is 0 Å². The smallest absolute Gasteiger partial charge is 0.410 e. The summed E-state index contributed by atoms with van der Waals surface area (Å²) in [6.45, 7) is 1.67. The monoisotopic (exact) mass is 452 g/mol. The number of nitrogens with zero attached hydrogens (tertiary/aromatic N) is 1. The molecule has 0 spiro atoms. The van der Waals surface area contributed by atoms with Crippen molar-refractivity contribution in [3.8, 4) is 11.1 Å². The van der Waals surface area contributed by atoms with E-state index in [1.807, 2.05) is 30.3 Å². The third-order valence-corrected chi connectivity index (χ3v) is 5.96. The average Bonchev–Trinajstić information content (AvgIpc) is 2.73. The Balaban J connectivity index is 2.05. The first kappa shape index (κ1) is 23.1. The number of carbonyl (C=O) groups excluding carboxylic acids is 1. The molecule has 0 aromatic heterocycles. The number of hydrogen-bond donors (Lipinski definition) is 1. The summed E-state index contributed by atoms with van der Waals surface area (Å²) in [5, 5.41) is 0. The van der Waals surface area contributed by atoms with Gasteiger partial charge in [-0.05, 0) is 37.0 Å². The van der Waals surface area contributed by atoms with Gasteiger partial charge in [0.15, 0.2) is 0 Å². The molecule has 1 saturated heterocycles. The number of benzene rings is 2. The molecule has 1 fully saturated rings. The molecule has 1 N–H and O–H groups in total. The Labute approximate surface area is 181 Å². The first-order valence-electron chi connectivity index (χ1n) is 10.1. The van der Waals surface area contributed by atoms with Crippen LogP contribution < -0.4 is 4.72 Å². The van der Waals surface area contributed by atoms with Crippen LogP contribution in [0.3, 0.4) is 0 Å². The quantitative estimate of drug-likeness (QED) is 0.719. The molecule has 0 saturated carbocycles. The first-order chi connectivity index (χ1) is 14.6. The summed E-state index contributed by atoms with van der Waals surface area (Å²) in [6.07, 6.45) is 0.595. The molecule has 1 aliphatic heterocycles. The van der Waals surface area contributed by atoms with E-state index in [-0.39, 0.29) is 25.1 Å². The van der Waals surface area contributed by atoms with Crippen molar-refractivity contribution >= 4 is 16.1 Å². The zero-order chi connectivity index (χ0) is 22.6. The molecule has 1 aliphatic rings. The summed E-state index contributed by atoms with van der Waals surface area (Å²) in [6, 6.07) is 12.2. The van der Waals surface area contributed by atoms with Gasteiger partial charge in [0.1, 0.15) is 6.04 Å². The van der Waals surface area contributed by atoms with E-state index in [0.29, 0.717) is 12.0 Å². The third kappa shape index (κ3) is 5.40. The highest BCUT2D eigenvalue weighted by Crippen LogP contribution is 2.41. The molecule has 0 aliphatic carbocycles. The number of sulfonamides is 1. The van der Waals surface area contributed by atoms with E-state index in [2.05, 4.69) is 4.72 Å². The summed E-state index contributed by atoms with van der Waals surface area (Å²) in [5.41, 5.74) is 1.08. The van der Waals surface area contributed by atoms with Crippen molar-refractivity contribution in [3.63, 3.8) is 0 Å². The fourth-order valence-corrected chi connectivity index (χ4v) is 4.76. The minimum Gasteiger partial charge on any atom is -0.450 e. The van der Waals surface area contributed by atoms with Crippen LogP contribution in [0.2, 0.25) is 0 Å². The van der Waals surface area contributed by atoms with Gasteiger partial charge in [-0.25, -0.2) is 17.9 Å². The topological polar surface area (TPSA) is 75.7 Å². The van der Waals surface area contributed by atoms with Crippen LogP contribution in [0.4, 0.5) is 13.6 Å². The van der Waals surface area contributed by atoms with Gasteiger partial charge >= 0.3 is 6.09 Å². The van der Waals surface area contributed by atoms with E-state index < -0.39 is 34.1 Å². The van der Waals surface area contributed by atoms with E-state index in [1.165, 1.54) is 18.2 Å². The molecule has 2 unspecified atom stereocenters. The van der Waals surface area contributed by atoms with Crippen molar-refractivity contribution in [2.45, 2.75) is 37.8 Å². The molecular formula is C22H26F2N2O4S. The molecular weight excluding hydrogens is 426 g/mol. The molecule has 2 atom stereocenters. The largest absolute Gasteiger partial charge is 0.450 e. The highest BCUT2D eigenvalue weighted by molar-refractivity contribution is 7.88. The summed E-state index contributed by atoms with van der Waals surface area (Å²) in [4.78, 5) is 13.4. The SMILES string of the molecule is CCOC(=O)N1CCCC(NS(C)(=O)=O)C1C(F)(F)c1cccc(-c2ccccc2)c1. The molecule has 2 aromatic rings. The van der Waals surface area contributed by atoms with Crippen LogP contribution in [0.15, 0.2) is 54.6 Å². The maximum absolute atomic E-state index is 15.9. The second-order valence-electron chi connectivity index (χ2n) is 7.55. The molecule has 168 valence electrons. The van der Waals surface area contributed by atoms with Crippen molar-refractivity contribution in [1.29, 1.82) is 0 Å². The lowest BCUT2D eigenvalue weighted by Crippen LogP contribution is -2.62. The van der Waals surface area contributed by atoms with Gasteiger partial charge in [-0.1, -0.05) is 48.5 Å². The second kappa shape index (κ2) is 9.32. The summed E-state index contributed by atoms with van der Waals surface area (Å²) < 4.78 is 62.9. The van der Waals surface area contributed by atoms with Crippen molar-refractivity contribution in [2.75, 3.05) is 19.4 Å². The molecule has 9 heteroatoms. The first-order valence-corrected chi connectivity index (χ1v) is 12.0. The van der Waals surface area contributed by atoms with Gasteiger partial charge < -0.3 is 4.74 Å². The lowest BCUT2D eigenvalue weighted by Gasteiger charge is -2.44. The Hall–Kier alpha value is -2.52. The van der Waals surface area contributed by atoms with Gasteiger partial charge in [-0.15, -0.1) is 0 Å². The van der Waals surface area contributed by atoms with Gasteiger partial charge in [0, 0.05) is 18.2 Å². The summed E-state index contributed by atoms with van der Waals surface area (Å²) >= 11 is 0. The van der Waals surface area contributed by atoms with Crippen molar-refractivity contribution in [3.05, 3.63) is 60.2 Å². The van der Waals surface area contributed by atoms with Crippen LogP contribution in [-0.4, -0.2) is 50.9 Å². The number of rotatable bonds is 6. The van der Waals surface area contributed by atoms with Gasteiger partial charge in [-0.3, -0.25) is 4.90 Å². The zero-order valence-electron chi connectivity index (χ0n) is 17.4. The molecule has 6 nitrogen and oxygen atoms in total.